The number of fused-ring (bicyclic) bond motifs is 1. The SMILES string of the molecule is CN(C)c1ccc(-c2sc3cccc[n+]3c2O)cc1. The minimum Gasteiger partial charge on any atom is -0.458 e. The van der Waals surface area contributed by atoms with Crippen LogP contribution in [0.2, 0.25) is 0 Å². The number of thiazole rings is 1. The molecule has 0 unspecified atom stereocenters. The number of nitrogens with zero attached hydrogens (tertiary/aromatic N) is 2. The van der Waals surface area contributed by atoms with Gasteiger partial charge in [-0.05, 0) is 18.2 Å². The average molecular weight is 271 g/mol. The van der Waals surface area contributed by atoms with Gasteiger partial charge in [0.1, 0.15) is 0 Å². The Kier molecular flexibility index (Phi) is 2.87. The first-order chi connectivity index (χ1) is 9.16. The Balaban J connectivity index is 2.11. The Labute approximate surface area is 116 Å². The molecule has 0 aliphatic carbocycles. The molecule has 3 rings (SSSR count). The van der Waals surface area contributed by atoms with Crippen LogP contribution in [0.1, 0.15) is 0 Å². The summed E-state index contributed by atoms with van der Waals surface area (Å²) >= 11 is 1.59. The lowest BCUT2D eigenvalue weighted by Crippen LogP contribution is -2.16. The lowest BCUT2D eigenvalue weighted by Gasteiger charge is -2.11. The summed E-state index contributed by atoms with van der Waals surface area (Å²) in [6, 6.07) is 14.1. The molecule has 4 heteroatoms. The minimum absolute atomic E-state index is 0.304. The quantitative estimate of drug-likeness (QED) is 0.726. The van der Waals surface area contributed by atoms with E-state index >= 15 is 0 Å². The van der Waals surface area contributed by atoms with Gasteiger partial charge in [-0.2, -0.15) is 0 Å². The third-order valence-corrected chi connectivity index (χ3v) is 4.27. The van der Waals surface area contributed by atoms with Gasteiger partial charge >= 0.3 is 5.88 Å². The van der Waals surface area contributed by atoms with Gasteiger partial charge in [-0.1, -0.05) is 23.5 Å². The van der Waals surface area contributed by atoms with Crippen LogP contribution in [0.3, 0.4) is 0 Å². The molecule has 3 aromatic rings. The van der Waals surface area contributed by atoms with Crippen molar-refractivity contribution in [2.24, 2.45) is 0 Å². The van der Waals surface area contributed by atoms with Gasteiger partial charge in [-0.25, -0.2) is 0 Å². The molecule has 0 aliphatic heterocycles. The topological polar surface area (TPSA) is 27.6 Å². The predicted octanol–water partition coefficient (Wildman–Crippen LogP) is 2.93. The fourth-order valence-corrected chi connectivity index (χ4v) is 3.09. The zero-order valence-electron chi connectivity index (χ0n) is 10.9. The standard InChI is InChI=1S/C15H14N2OS/c1-16(2)12-8-6-11(7-9-12)14-15(18)17-10-4-3-5-13(17)19-14/h3-10H,1-2H3/p+1. The van der Waals surface area contributed by atoms with Gasteiger partial charge in [-0.3, -0.25) is 0 Å². The number of hydrogen-bond donors (Lipinski definition) is 1. The summed E-state index contributed by atoms with van der Waals surface area (Å²) in [5.74, 6) is 0.304. The number of pyridine rings is 1. The normalized spacial score (nSPS) is 10.8. The van der Waals surface area contributed by atoms with Crippen molar-refractivity contribution >= 4 is 21.9 Å². The van der Waals surface area contributed by atoms with Gasteiger partial charge in [0, 0.05) is 37.5 Å². The zero-order valence-corrected chi connectivity index (χ0v) is 11.7. The fraction of sp³-hybridized carbons (Fsp3) is 0.133. The predicted molar refractivity (Wildman–Crippen MR) is 78.9 cm³/mol. The maximum absolute atomic E-state index is 10.3. The van der Waals surface area contributed by atoms with Crippen molar-refractivity contribution in [2.75, 3.05) is 19.0 Å². The summed E-state index contributed by atoms with van der Waals surface area (Å²) < 4.78 is 1.81. The Hall–Kier alpha value is -2.07. The van der Waals surface area contributed by atoms with E-state index in [0.29, 0.717) is 5.88 Å². The van der Waals surface area contributed by atoms with E-state index in [0.717, 1.165) is 21.0 Å². The van der Waals surface area contributed by atoms with Crippen LogP contribution in [0.25, 0.3) is 15.3 Å². The molecule has 0 bridgehead atoms. The van der Waals surface area contributed by atoms with E-state index in [1.54, 1.807) is 15.7 Å². The lowest BCUT2D eigenvalue weighted by atomic mass is 10.2. The van der Waals surface area contributed by atoms with Crippen LogP contribution in [0, 0.1) is 0 Å². The molecule has 2 aromatic heterocycles. The number of anilines is 1. The highest BCUT2D eigenvalue weighted by molar-refractivity contribution is 7.20. The Morgan fingerprint density at radius 2 is 1.79 bits per heavy atom. The molecule has 96 valence electrons. The lowest BCUT2D eigenvalue weighted by molar-refractivity contribution is -0.517. The molecule has 2 heterocycles. The van der Waals surface area contributed by atoms with Crippen LogP contribution >= 0.6 is 11.3 Å². The number of aromatic hydroxyl groups is 1. The van der Waals surface area contributed by atoms with Crippen molar-refractivity contribution in [2.45, 2.75) is 0 Å². The van der Waals surface area contributed by atoms with Crippen LogP contribution < -0.4 is 9.30 Å². The van der Waals surface area contributed by atoms with E-state index in [-0.39, 0.29) is 0 Å². The number of rotatable bonds is 2. The van der Waals surface area contributed by atoms with E-state index in [4.69, 9.17) is 0 Å². The van der Waals surface area contributed by atoms with Crippen molar-refractivity contribution in [3.8, 4) is 16.3 Å². The Bertz CT molecular complexity index is 717. The fourth-order valence-electron chi connectivity index (χ4n) is 2.04. The maximum Gasteiger partial charge on any atom is 0.390 e. The highest BCUT2D eigenvalue weighted by Crippen LogP contribution is 2.34. The van der Waals surface area contributed by atoms with Crippen molar-refractivity contribution in [1.82, 2.24) is 0 Å². The Morgan fingerprint density at radius 1 is 1.05 bits per heavy atom. The summed E-state index contributed by atoms with van der Waals surface area (Å²) in [6.45, 7) is 0. The van der Waals surface area contributed by atoms with Gasteiger partial charge in [-0.15, -0.1) is 4.40 Å². The summed E-state index contributed by atoms with van der Waals surface area (Å²) in [6.07, 6.45) is 1.87. The molecule has 1 N–H and O–H groups in total. The number of aromatic nitrogens is 1. The first kappa shape index (κ1) is 12.0. The van der Waals surface area contributed by atoms with Gasteiger partial charge in [0.2, 0.25) is 0 Å². The van der Waals surface area contributed by atoms with Crippen LogP contribution in [0.5, 0.6) is 5.88 Å². The van der Waals surface area contributed by atoms with Gasteiger partial charge < -0.3 is 10.0 Å². The molecular formula is C15H15N2OS+. The van der Waals surface area contributed by atoms with Gasteiger partial charge in [0.05, 0.1) is 0 Å². The van der Waals surface area contributed by atoms with Crippen LogP contribution in [0.15, 0.2) is 48.7 Å². The first-order valence-electron chi connectivity index (χ1n) is 6.07. The molecule has 3 nitrogen and oxygen atoms in total. The number of hydrogen-bond acceptors (Lipinski definition) is 3. The van der Waals surface area contributed by atoms with E-state index in [1.807, 2.05) is 50.6 Å². The second kappa shape index (κ2) is 4.55. The molecule has 1 aromatic carbocycles. The minimum atomic E-state index is 0.304. The molecule has 0 fully saturated rings. The molecule has 0 saturated carbocycles. The smallest absolute Gasteiger partial charge is 0.390 e. The monoisotopic (exact) mass is 271 g/mol. The molecule has 0 radical (unpaired) electrons. The molecule has 0 saturated heterocycles. The highest BCUT2D eigenvalue weighted by atomic mass is 32.1. The van der Waals surface area contributed by atoms with E-state index < -0.39 is 0 Å². The summed E-state index contributed by atoms with van der Waals surface area (Å²) in [5, 5.41) is 10.3. The second-order valence-electron chi connectivity index (χ2n) is 4.60. The van der Waals surface area contributed by atoms with Crippen LogP contribution in [-0.4, -0.2) is 19.2 Å². The maximum atomic E-state index is 10.3. The zero-order chi connectivity index (χ0) is 13.4. The van der Waals surface area contributed by atoms with Crippen molar-refractivity contribution in [3.05, 3.63) is 48.7 Å². The highest BCUT2D eigenvalue weighted by Gasteiger charge is 2.20. The van der Waals surface area contributed by atoms with Crippen LogP contribution in [0.4, 0.5) is 5.69 Å². The number of benzene rings is 1. The summed E-state index contributed by atoms with van der Waals surface area (Å²) in [4.78, 5) is 3.99. The third-order valence-electron chi connectivity index (χ3n) is 3.11. The molecule has 19 heavy (non-hydrogen) atoms. The average Bonchev–Trinajstić information content (AvgIpc) is 2.77. The second-order valence-corrected chi connectivity index (χ2v) is 5.64. The molecule has 0 amide bonds. The summed E-state index contributed by atoms with van der Waals surface area (Å²) in [5.41, 5.74) is 2.19. The van der Waals surface area contributed by atoms with Crippen molar-refractivity contribution in [3.63, 3.8) is 0 Å². The molecule has 0 aliphatic rings. The van der Waals surface area contributed by atoms with Crippen LogP contribution in [-0.2, 0) is 0 Å². The van der Waals surface area contributed by atoms with E-state index in [1.165, 1.54) is 0 Å². The van der Waals surface area contributed by atoms with Gasteiger partial charge in [0.15, 0.2) is 11.1 Å². The molecular weight excluding hydrogens is 256 g/mol. The van der Waals surface area contributed by atoms with Crippen molar-refractivity contribution < 1.29 is 9.51 Å². The third kappa shape index (κ3) is 2.04. The Morgan fingerprint density at radius 3 is 2.42 bits per heavy atom. The van der Waals surface area contributed by atoms with Crippen molar-refractivity contribution in [1.29, 1.82) is 0 Å². The largest absolute Gasteiger partial charge is 0.458 e. The van der Waals surface area contributed by atoms with E-state index in [9.17, 15) is 5.11 Å². The first-order valence-corrected chi connectivity index (χ1v) is 6.88. The summed E-state index contributed by atoms with van der Waals surface area (Å²) in [7, 11) is 4.03. The molecule has 0 spiro atoms. The molecule has 0 atom stereocenters. The van der Waals surface area contributed by atoms with Gasteiger partial charge in [0.25, 0.3) is 4.83 Å². The van der Waals surface area contributed by atoms with E-state index in [2.05, 4.69) is 17.0 Å².